The molecule has 29 heavy (non-hydrogen) atoms. The summed E-state index contributed by atoms with van der Waals surface area (Å²) in [7, 11) is -3.43. The zero-order valence-corrected chi connectivity index (χ0v) is 17.5. The molecule has 154 valence electrons. The van der Waals surface area contributed by atoms with Crippen LogP contribution in [-0.4, -0.2) is 33.5 Å². The maximum Gasteiger partial charge on any atom is 0.240 e. The molecule has 1 aliphatic carbocycles. The first-order valence-electron chi connectivity index (χ1n) is 10.2. The van der Waals surface area contributed by atoms with Crippen molar-refractivity contribution in [3.05, 3.63) is 53.6 Å². The second kappa shape index (κ2) is 8.16. The SMILES string of the molecule is CCN1CCc2ccc(NC(=O)CCc3ccc(S(=O)(=O)NC4CC4)cc3)cc21. The molecule has 7 heteroatoms. The third kappa shape index (κ3) is 4.79. The molecular formula is C22H27N3O3S. The Morgan fingerprint density at radius 3 is 2.59 bits per heavy atom. The number of fused-ring (bicyclic) bond motifs is 1. The molecule has 2 aromatic carbocycles. The van der Waals surface area contributed by atoms with E-state index in [0.717, 1.165) is 43.6 Å². The van der Waals surface area contributed by atoms with E-state index in [4.69, 9.17) is 0 Å². The van der Waals surface area contributed by atoms with E-state index >= 15 is 0 Å². The standard InChI is InChI=1S/C22H27N3O3S/c1-2-25-14-13-17-6-7-19(15-21(17)25)23-22(26)12-5-16-3-10-20(11-4-16)29(27,28)24-18-8-9-18/h3-4,6-7,10-11,15,18,24H,2,5,8-9,12-14H2,1H3,(H,23,26). The van der Waals surface area contributed by atoms with Gasteiger partial charge >= 0.3 is 0 Å². The summed E-state index contributed by atoms with van der Waals surface area (Å²) in [5.41, 5.74) is 4.30. The Bertz CT molecular complexity index is 998. The Morgan fingerprint density at radius 1 is 1.14 bits per heavy atom. The van der Waals surface area contributed by atoms with Crippen LogP contribution in [0.4, 0.5) is 11.4 Å². The van der Waals surface area contributed by atoms with Crippen LogP contribution >= 0.6 is 0 Å². The number of hydrogen-bond donors (Lipinski definition) is 2. The number of carbonyl (C=O) groups excluding carboxylic acids is 1. The normalized spacial score (nSPS) is 16.0. The summed E-state index contributed by atoms with van der Waals surface area (Å²) < 4.78 is 27.1. The first kappa shape index (κ1) is 19.9. The summed E-state index contributed by atoms with van der Waals surface area (Å²) >= 11 is 0. The largest absolute Gasteiger partial charge is 0.371 e. The van der Waals surface area contributed by atoms with Crippen molar-refractivity contribution >= 4 is 27.3 Å². The minimum absolute atomic E-state index is 0.0434. The third-order valence-electron chi connectivity index (χ3n) is 5.52. The average molecular weight is 414 g/mol. The fraction of sp³-hybridized carbons (Fsp3) is 0.409. The lowest BCUT2D eigenvalue weighted by atomic mass is 10.1. The van der Waals surface area contributed by atoms with Crippen LogP contribution in [0.1, 0.15) is 37.3 Å². The highest BCUT2D eigenvalue weighted by molar-refractivity contribution is 7.89. The van der Waals surface area contributed by atoms with Gasteiger partial charge in [-0.15, -0.1) is 0 Å². The summed E-state index contributed by atoms with van der Waals surface area (Å²) in [5.74, 6) is -0.0434. The lowest BCUT2D eigenvalue weighted by molar-refractivity contribution is -0.116. The second-order valence-electron chi connectivity index (χ2n) is 7.76. The highest BCUT2D eigenvalue weighted by Crippen LogP contribution is 2.30. The fourth-order valence-corrected chi connectivity index (χ4v) is 4.96. The van der Waals surface area contributed by atoms with Gasteiger partial charge < -0.3 is 10.2 Å². The Balaban J connectivity index is 1.32. The number of nitrogens with one attached hydrogen (secondary N) is 2. The average Bonchev–Trinajstić information content (AvgIpc) is 3.42. The quantitative estimate of drug-likeness (QED) is 0.697. The summed E-state index contributed by atoms with van der Waals surface area (Å²) in [6.45, 7) is 4.14. The number of likely N-dealkylation sites (N-methyl/N-ethyl adjacent to an activating group) is 1. The van der Waals surface area contributed by atoms with Gasteiger partial charge in [0.1, 0.15) is 0 Å². The van der Waals surface area contributed by atoms with Gasteiger partial charge in [-0.25, -0.2) is 13.1 Å². The molecule has 2 aromatic rings. The zero-order valence-electron chi connectivity index (χ0n) is 16.6. The maximum absolute atomic E-state index is 12.4. The Morgan fingerprint density at radius 2 is 1.90 bits per heavy atom. The molecule has 1 aliphatic heterocycles. The fourth-order valence-electron chi connectivity index (χ4n) is 3.66. The minimum atomic E-state index is -3.43. The molecule has 0 unspecified atom stereocenters. The van der Waals surface area contributed by atoms with Crippen LogP contribution in [0.25, 0.3) is 0 Å². The van der Waals surface area contributed by atoms with Crippen molar-refractivity contribution in [2.24, 2.45) is 0 Å². The van der Waals surface area contributed by atoms with Crippen LogP contribution < -0.4 is 14.9 Å². The van der Waals surface area contributed by atoms with Gasteiger partial charge in [-0.05, 0) is 68.0 Å². The molecule has 4 rings (SSSR count). The molecule has 0 atom stereocenters. The van der Waals surface area contributed by atoms with Crippen molar-refractivity contribution in [2.75, 3.05) is 23.3 Å². The molecule has 1 amide bonds. The molecule has 2 aliphatic rings. The van der Waals surface area contributed by atoms with Crippen LogP contribution in [0, 0.1) is 0 Å². The van der Waals surface area contributed by atoms with Crippen LogP contribution in [0.15, 0.2) is 47.4 Å². The van der Waals surface area contributed by atoms with Crippen molar-refractivity contribution in [3.8, 4) is 0 Å². The lowest BCUT2D eigenvalue weighted by Gasteiger charge is -2.17. The Kier molecular flexibility index (Phi) is 5.61. The summed E-state index contributed by atoms with van der Waals surface area (Å²) in [6.07, 6.45) is 3.79. The molecule has 0 saturated heterocycles. The maximum atomic E-state index is 12.4. The van der Waals surface area contributed by atoms with Gasteiger partial charge in [0.2, 0.25) is 15.9 Å². The minimum Gasteiger partial charge on any atom is -0.371 e. The number of carbonyl (C=O) groups is 1. The molecule has 6 nitrogen and oxygen atoms in total. The number of aryl methyl sites for hydroxylation is 1. The number of hydrogen-bond acceptors (Lipinski definition) is 4. The number of benzene rings is 2. The predicted molar refractivity (Wildman–Crippen MR) is 115 cm³/mol. The monoisotopic (exact) mass is 413 g/mol. The number of nitrogens with zero attached hydrogens (tertiary/aromatic N) is 1. The molecule has 0 bridgehead atoms. The number of rotatable bonds is 8. The summed E-state index contributed by atoms with van der Waals surface area (Å²) in [6, 6.07) is 13.0. The number of anilines is 2. The molecule has 1 fully saturated rings. The van der Waals surface area contributed by atoms with Crippen LogP contribution in [-0.2, 0) is 27.7 Å². The summed E-state index contributed by atoms with van der Waals surface area (Å²) in [4.78, 5) is 15.0. The van der Waals surface area contributed by atoms with Gasteiger partial charge in [0.15, 0.2) is 0 Å². The highest BCUT2D eigenvalue weighted by atomic mass is 32.2. The highest BCUT2D eigenvalue weighted by Gasteiger charge is 2.27. The molecule has 1 heterocycles. The second-order valence-corrected chi connectivity index (χ2v) is 9.47. The molecular weight excluding hydrogens is 386 g/mol. The van der Waals surface area contributed by atoms with Gasteiger partial charge in [0.05, 0.1) is 4.90 Å². The van der Waals surface area contributed by atoms with E-state index < -0.39 is 10.0 Å². The van der Waals surface area contributed by atoms with Crippen LogP contribution in [0.2, 0.25) is 0 Å². The van der Waals surface area contributed by atoms with Crippen molar-refractivity contribution in [3.63, 3.8) is 0 Å². The smallest absolute Gasteiger partial charge is 0.240 e. The van der Waals surface area contributed by atoms with E-state index in [0.29, 0.717) is 12.8 Å². The number of sulfonamides is 1. The van der Waals surface area contributed by atoms with E-state index in [1.54, 1.807) is 24.3 Å². The van der Waals surface area contributed by atoms with E-state index in [1.807, 2.05) is 6.07 Å². The Labute approximate surface area is 172 Å². The van der Waals surface area contributed by atoms with E-state index in [-0.39, 0.29) is 16.8 Å². The van der Waals surface area contributed by atoms with E-state index in [1.165, 1.54) is 11.3 Å². The van der Waals surface area contributed by atoms with Gasteiger partial charge in [0.25, 0.3) is 0 Å². The molecule has 0 aromatic heterocycles. The van der Waals surface area contributed by atoms with Crippen molar-refractivity contribution in [1.29, 1.82) is 0 Å². The van der Waals surface area contributed by atoms with E-state index in [2.05, 4.69) is 34.0 Å². The first-order chi connectivity index (χ1) is 13.9. The number of amides is 1. The predicted octanol–water partition coefficient (Wildman–Crippen LogP) is 3.08. The van der Waals surface area contributed by atoms with Gasteiger partial charge in [0, 0.05) is 36.9 Å². The molecule has 2 N–H and O–H groups in total. The molecule has 1 saturated carbocycles. The molecule has 0 spiro atoms. The first-order valence-corrected chi connectivity index (χ1v) is 11.7. The Hall–Kier alpha value is -2.38. The van der Waals surface area contributed by atoms with Gasteiger partial charge in [-0.2, -0.15) is 0 Å². The van der Waals surface area contributed by atoms with Crippen LogP contribution in [0.3, 0.4) is 0 Å². The van der Waals surface area contributed by atoms with Gasteiger partial charge in [-0.3, -0.25) is 4.79 Å². The van der Waals surface area contributed by atoms with Crippen LogP contribution in [0.5, 0.6) is 0 Å². The van der Waals surface area contributed by atoms with Crippen molar-refractivity contribution in [1.82, 2.24) is 4.72 Å². The van der Waals surface area contributed by atoms with Crippen molar-refractivity contribution in [2.45, 2.75) is 50.0 Å². The zero-order chi connectivity index (χ0) is 20.4. The van der Waals surface area contributed by atoms with Gasteiger partial charge in [-0.1, -0.05) is 18.2 Å². The lowest BCUT2D eigenvalue weighted by Crippen LogP contribution is -2.25. The summed E-state index contributed by atoms with van der Waals surface area (Å²) in [5, 5.41) is 2.98. The molecule has 0 radical (unpaired) electrons. The van der Waals surface area contributed by atoms with Crippen molar-refractivity contribution < 1.29 is 13.2 Å². The topological polar surface area (TPSA) is 78.5 Å². The van der Waals surface area contributed by atoms with E-state index in [9.17, 15) is 13.2 Å². The third-order valence-corrected chi connectivity index (χ3v) is 7.05.